The molecule has 0 fully saturated rings. The third-order valence-electron chi connectivity index (χ3n) is 1.38. The number of hydrogen-bond donors (Lipinski definition) is 0. The van der Waals surface area contributed by atoms with Crippen LogP contribution in [0.2, 0.25) is 0 Å². The molecule has 74 valence electrons. The monoisotopic (exact) mass is 182 g/mol. The molecule has 0 unspecified atom stereocenters. The van der Waals surface area contributed by atoms with E-state index in [-0.39, 0.29) is 5.97 Å². The van der Waals surface area contributed by atoms with E-state index in [0.29, 0.717) is 12.2 Å². The topological polar surface area (TPSA) is 26.3 Å². The Kier molecular flexibility index (Phi) is 5.94. The van der Waals surface area contributed by atoms with Gasteiger partial charge in [0.25, 0.3) is 0 Å². The van der Waals surface area contributed by atoms with E-state index in [9.17, 15) is 4.79 Å². The van der Waals surface area contributed by atoms with Crippen molar-refractivity contribution in [1.82, 2.24) is 0 Å². The highest BCUT2D eigenvalue weighted by molar-refractivity contribution is 5.91. The van der Waals surface area contributed by atoms with Gasteiger partial charge in [0.15, 0.2) is 0 Å². The van der Waals surface area contributed by atoms with Gasteiger partial charge in [0, 0.05) is 0 Å². The van der Waals surface area contributed by atoms with Crippen LogP contribution in [0.15, 0.2) is 23.3 Å². The lowest BCUT2D eigenvalue weighted by atomic mass is 10.1. The lowest BCUT2D eigenvalue weighted by molar-refractivity contribution is -0.138. The van der Waals surface area contributed by atoms with Gasteiger partial charge < -0.3 is 4.74 Å². The maximum absolute atomic E-state index is 11.3. The van der Waals surface area contributed by atoms with Crippen molar-refractivity contribution in [3.8, 4) is 0 Å². The molecule has 0 atom stereocenters. The molecule has 0 aliphatic rings. The smallest absolute Gasteiger partial charge is 0.337 e. The van der Waals surface area contributed by atoms with E-state index in [2.05, 4.69) is 0 Å². The normalized spacial score (nSPS) is 10.9. The Bertz CT molecular complexity index is 220. The summed E-state index contributed by atoms with van der Waals surface area (Å²) in [7, 11) is 0. The zero-order valence-corrected chi connectivity index (χ0v) is 8.89. The highest BCUT2D eigenvalue weighted by Gasteiger charge is 2.05. The molecule has 2 nitrogen and oxygen atoms in total. The molecular weight excluding hydrogens is 164 g/mol. The number of esters is 1. The number of ether oxygens (including phenoxy) is 1. The van der Waals surface area contributed by atoms with Crippen LogP contribution in [0.1, 0.15) is 34.1 Å². The molecule has 0 aromatic rings. The average molecular weight is 182 g/mol. The van der Waals surface area contributed by atoms with Gasteiger partial charge in [-0.25, -0.2) is 4.79 Å². The van der Waals surface area contributed by atoms with Gasteiger partial charge in [-0.2, -0.15) is 0 Å². The largest absolute Gasteiger partial charge is 0.462 e. The Morgan fingerprint density at radius 3 is 2.31 bits per heavy atom. The van der Waals surface area contributed by atoms with Crippen LogP contribution in [0, 0.1) is 0 Å². The molecule has 0 saturated carbocycles. The fourth-order valence-electron chi connectivity index (χ4n) is 0.947. The Labute approximate surface area is 80.3 Å². The minimum Gasteiger partial charge on any atom is -0.462 e. The summed E-state index contributed by atoms with van der Waals surface area (Å²) in [6, 6.07) is 0. The summed E-state index contributed by atoms with van der Waals surface area (Å²) >= 11 is 0. The van der Waals surface area contributed by atoms with Crippen molar-refractivity contribution >= 4 is 5.97 Å². The summed E-state index contributed by atoms with van der Waals surface area (Å²) in [6.07, 6.45) is 4.57. The van der Waals surface area contributed by atoms with E-state index < -0.39 is 0 Å². The third kappa shape index (κ3) is 5.23. The second-order valence-electron chi connectivity index (χ2n) is 3.01. The van der Waals surface area contributed by atoms with Gasteiger partial charge in [0.2, 0.25) is 0 Å². The first-order valence-electron chi connectivity index (χ1n) is 4.64. The van der Waals surface area contributed by atoms with Crippen LogP contribution >= 0.6 is 0 Å². The van der Waals surface area contributed by atoms with Crippen molar-refractivity contribution in [2.75, 3.05) is 6.61 Å². The lowest BCUT2D eigenvalue weighted by Crippen LogP contribution is -2.06. The van der Waals surface area contributed by atoms with Crippen LogP contribution < -0.4 is 0 Å². The van der Waals surface area contributed by atoms with Crippen LogP contribution in [-0.4, -0.2) is 12.6 Å². The van der Waals surface area contributed by atoms with Gasteiger partial charge in [0.05, 0.1) is 12.2 Å². The predicted octanol–water partition coefficient (Wildman–Crippen LogP) is 2.85. The molecule has 13 heavy (non-hydrogen) atoms. The summed E-state index contributed by atoms with van der Waals surface area (Å²) < 4.78 is 4.91. The van der Waals surface area contributed by atoms with E-state index in [1.54, 1.807) is 0 Å². The first-order valence-corrected chi connectivity index (χ1v) is 4.64. The van der Waals surface area contributed by atoms with E-state index in [4.69, 9.17) is 4.74 Å². The SMILES string of the molecule is CCC=C(C=C(C)C)C(=O)OCC. The zero-order chi connectivity index (χ0) is 10.3. The molecule has 0 aliphatic heterocycles. The Morgan fingerprint density at radius 1 is 1.31 bits per heavy atom. The van der Waals surface area contributed by atoms with E-state index in [1.165, 1.54) is 0 Å². The molecule has 0 aromatic heterocycles. The fraction of sp³-hybridized carbons (Fsp3) is 0.545. The van der Waals surface area contributed by atoms with Gasteiger partial charge in [-0.15, -0.1) is 0 Å². The third-order valence-corrected chi connectivity index (χ3v) is 1.38. The molecule has 0 spiro atoms. The number of hydrogen-bond acceptors (Lipinski definition) is 2. The fourth-order valence-corrected chi connectivity index (χ4v) is 0.947. The summed E-state index contributed by atoms with van der Waals surface area (Å²) in [6.45, 7) is 8.16. The van der Waals surface area contributed by atoms with Crippen LogP contribution in [0.4, 0.5) is 0 Å². The van der Waals surface area contributed by atoms with Crippen molar-refractivity contribution in [2.24, 2.45) is 0 Å². The van der Waals surface area contributed by atoms with Gasteiger partial charge in [-0.05, 0) is 33.3 Å². The van der Waals surface area contributed by atoms with Crippen molar-refractivity contribution in [3.05, 3.63) is 23.3 Å². The van der Waals surface area contributed by atoms with Crippen LogP contribution in [-0.2, 0) is 9.53 Å². The predicted molar refractivity (Wildman–Crippen MR) is 54.4 cm³/mol. The van der Waals surface area contributed by atoms with Crippen molar-refractivity contribution in [1.29, 1.82) is 0 Å². The van der Waals surface area contributed by atoms with Crippen molar-refractivity contribution in [3.63, 3.8) is 0 Å². The quantitative estimate of drug-likeness (QED) is 0.379. The minimum absolute atomic E-state index is 0.231. The van der Waals surface area contributed by atoms with Gasteiger partial charge in [-0.1, -0.05) is 18.6 Å². The highest BCUT2D eigenvalue weighted by atomic mass is 16.5. The second kappa shape index (κ2) is 6.46. The van der Waals surface area contributed by atoms with E-state index in [0.717, 1.165) is 12.0 Å². The lowest BCUT2D eigenvalue weighted by Gasteiger charge is -2.02. The number of rotatable bonds is 4. The molecule has 0 heterocycles. The van der Waals surface area contributed by atoms with Gasteiger partial charge >= 0.3 is 5.97 Å². The minimum atomic E-state index is -0.231. The molecule has 0 aromatic carbocycles. The molecule has 0 amide bonds. The summed E-state index contributed by atoms with van der Waals surface area (Å²) in [5, 5.41) is 0. The molecule has 0 bridgehead atoms. The second-order valence-corrected chi connectivity index (χ2v) is 3.01. The van der Waals surface area contributed by atoms with Crippen LogP contribution in [0.3, 0.4) is 0 Å². The number of carbonyl (C=O) groups is 1. The Balaban J connectivity index is 4.53. The summed E-state index contributed by atoms with van der Waals surface area (Å²) in [4.78, 5) is 11.3. The number of carbonyl (C=O) groups excluding carboxylic acids is 1. The molecule has 2 heteroatoms. The van der Waals surface area contributed by atoms with Crippen molar-refractivity contribution in [2.45, 2.75) is 34.1 Å². The Morgan fingerprint density at radius 2 is 1.92 bits per heavy atom. The van der Waals surface area contributed by atoms with Gasteiger partial charge in [0.1, 0.15) is 0 Å². The van der Waals surface area contributed by atoms with E-state index >= 15 is 0 Å². The van der Waals surface area contributed by atoms with Crippen molar-refractivity contribution < 1.29 is 9.53 Å². The number of allylic oxidation sites excluding steroid dienone is 2. The zero-order valence-electron chi connectivity index (χ0n) is 8.89. The molecule has 0 rings (SSSR count). The molecule has 0 N–H and O–H groups in total. The first kappa shape index (κ1) is 11.9. The Hall–Kier alpha value is -1.05. The molecule has 0 radical (unpaired) electrons. The average Bonchev–Trinajstić information content (AvgIpc) is 2.03. The van der Waals surface area contributed by atoms with E-state index in [1.807, 2.05) is 39.8 Å². The van der Waals surface area contributed by atoms with Crippen LogP contribution in [0.5, 0.6) is 0 Å². The maximum Gasteiger partial charge on any atom is 0.337 e. The molecular formula is C11H18O2. The summed E-state index contributed by atoms with van der Waals surface area (Å²) in [5.74, 6) is -0.231. The first-order chi connectivity index (χ1) is 6.11. The maximum atomic E-state index is 11.3. The molecule has 0 saturated heterocycles. The molecule has 0 aliphatic carbocycles. The summed E-state index contributed by atoms with van der Waals surface area (Å²) in [5.41, 5.74) is 1.76. The van der Waals surface area contributed by atoms with Crippen LogP contribution in [0.25, 0.3) is 0 Å². The van der Waals surface area contributed by atoms with Gasteiger partial charge in [-0.3, -0.25) is 0 Å². The highest BCUT2D eigenvalue weighted by Crippen LogP contribution is 2.05. The standard InChI is InChI=1S/C11H18O2/c1-5-7-10(8-9(3)4)11(12)13-6-2/h7-8H,5-6H2,1-4H3.